The van der Waals surface area contributed by atoms with E-state index in [0.717, 1.165) is 17.8 Å². The van der Waals surface area contributed by atoms with Gasteiger partial charge in [0.15, 0.2) is 17.0 Å². The molecule has 3 aliphatic heterocycles. The van der Waals surface area contributed by atoms with Crippen molar-refractivity contribution in [1.29, 1.82) is 0 Å². The number of alkyl carbamates (subject to hydrolysis) is 1. The second-order valence-electron chi connectivity index (χ2n) is 11.5. The van der Waals surface area contributed by atoms with E-state index < -0.39 is 58.8 Å². The molecule has 1 fully saturated rings. The molecule has 1 saturated heterocycles. The number of rotatable bonds is 6. The van der Waals surface area contributed by atoms with E-state index in [0.29, 0.717) is 30.9 Å². The molecule has 3 aromatic rings. The highest BCUT2D eigenvalue weighted by atomic mass is 19.1. The summed E-state index contributed by atoms with van der Waals surface area (Å²) in [4.78, 5) is 61.4. The number of oxime groups is 1. The van der Waals surface area contributed by atoms with E-state index in [1.807, 2.05) is 19.9 Å². The minimum atomic E-state index is -1.30. The summed E-state index contributed by atoms with van der Waals surface area (Å²) >= 11 is 0. The molecule has 1 spiro atoms. The van der Waals surface area contributed by atoms with Crippen LogP contribution in [-0.4, -0.2) is 51.3 Å². The van der Waals surface area contributed by atoms with Crippen molar-refractivity contribution < 1.29 is 37.5 Å². The molecule has 13 heteroatoms. The number of benzene rings is 2. The Kier molecular flexibility index (Phi) is 7.85. The molecular weight excluding hydrogens is 590 g/mol. The first-order valence-corrected chi connectivity index (χ1v) is 14.5. The number of nitrogens with one attached hydrogen (secondary N) is 1. The number of esters is 1. The Labute approximate surface area is 256 Å². The highest BCUT2D eigenvalue weighted by Gasteiger charge is 2.54. The number of hydrogen-bond donors (Lipinski definition) is 1. The molecule has 4 heterocycles. The van der Waals surface area contributed by atoms with Crippen molar-refractivity contribution in [2.75, 3.05) is 6.54 Å². The number of nitrogens with zero attached hydrogens (tertiary/aromatic N) is 3. The monoisotopic (exact) mass is 620 g/mol. The molecule has 3 aliphatic rings. The molecule has 1 N–H and O–H groups in total. The largest absolute Gasteiger partial charge is 0.483 e. The average Bonchev–Trinajstić information content (AvgIpc) is 3.34. The fraction of sp³-hybridized carbons (Fsp3) is 0.344. The molecule has 1 aromatic heterocycles. The Morgan fingerprint density at radius 1 is 1.16 bits per heavy atom. The number of pyridine rings is 1. The lowest BCUT2D eigenvalue weighted by atomic mass is 9.84. The summed E-state index contributed by atoms with van der Waals surface area (Å²) in [6.45, 7) is 3.51. The zero-order valence-electron chi connectivity index (χ0n) is 24.5. The number of ether oxygens (including phenoxy) is 2. The molecule has 3 atom stereocenters. The van der Waals surface area contributed by atoms with Crippen LogP contribution >= 0.6 is 0 Å². The van der Waals surface area contributed by atoms with E-state index in [9.17, 15) is 28.0 Å². The summed E-state index contributed by atoms with van der Waals surface area (Å²) in [5, 5.41) is 6.43. The van der Waals surface area contributed by atoms with Crippen LogP contribution in [0.25, 0.3) is 0 Å². The standard InChI is InChI=1S/C32H30F2N4O7/c1-18-13-32(45-36-18)11-10-19(2)37-16-25(32)38-15-23(30(41)44-31(42)35-14-21-8-9-22(33)12-24(21)34)27(39)28(26(38)29(37)40)43-17-20-6-4-3-5-7-20/h3-9,12,15,19,25H,10-11,13-14,16-17H2,1-2H3,(H,35,42)/t19-,25+,32-/m0/s1. The van der Waals surface area contributed by atoms with Gasteiger partial charge in [0.05, 0.1) is 11.8 Å². The van der Waals surface area contributed by atoms with E-state index in [1.54, 1.807) is 29.2 Å². The van der Waals surface area contributed by atoms with Gasteiger partial charge < -0.3 is 29.1 Å². The SMILES string of the molecule is CC1=NO[C@@]2(CC[C@H](C)N3C[C@H]2n2cc(C(=O)OC(=O)NCc4ccc(F)cc4F)c(=O)c(OCc4ccccc4)c2C3=O)C1. The Bertz CT molecular complexity index is 1780. The maximum atomic E-state index is 14.0. The third kappa shape index (κ3) is 5.65. The van der Waals surface area contributed by atoms with Crippen LogP contribution in [0.2, 0.25) is 0 Å². The maximum Gasteiger partial charge on any atom is 0.415 e. The van der Waals surface area contributed by atoms with Gasteiger partial charge in [-0.1, -0.05) is 41.6 Å². The Balaban J connectivity index is 1.37. The lowest BCUT2D eigenvalue weighted by molar-refractivity contribution is -0.0656. The number of amides is 2. The fourth-order valence-corrected chi connectivity index (χ4v) is 6.13. The summed E-state index contributed by atoms with van der Waals surface area (Å²) in [6.07, 6.45) is 1.59. The van der Waals surface area contributed by atoms with Gasteiger partial charge in [0.2, 0.25) is 5.43 Å². The van der Waals surface area contributed by atoms with Gasteiger partial charge in [-0.2, -0.15) is 0 Å². The third-order valence-electron chi connectivity index (χ3n) is 8.49. The van der Waals surface area contributed by atoms with E-state index in [-0.39, 0.29) is 36.2 Å². The topological polar surface area (TPSA) is 129 Å². The second kappa shape index (κ2) is 11.8. The quantitative estimate of drug-likeness (QED) is 0.318. The molecule has 0 radical (unpaired) electrons. The average molecular weight is 621 g/mol. The number of carbonyl (C=O) groups excluding carboxylic acids is 3. The van der Waals surface area contributed by atoms with Crippen LogP contribution in [0.15, 0.2) is 64.7 Å². The van der Waals surface area contributed by atoms with Crippen LogP contribution in [-0.2, 0) is 22.7 Å². The van der Waals surface area contributed by atoms with Crippen LogP contribution in [0, 0.1) is 11.6 Å². The van der Waals surface area contributed by atoms with Gasteiger partial charge in [0.1, 0.15) is 23.8 Å². The highest BCUT2D eigenvalue weighted by Crippen LogP contribution is 2.46. The van der Waals surface area contributed by atoms with Crippen molar-refractivity contribution in [2.45, 2.75) is 63.9 Å². The number of aromatic nitrogens is 1. The molecule has 0 aliphatic carbocycles. The minimum Gasteiger partial charge on any atom is -0.483 e. The van der Waals surface area contributed by atoms with E-state index >= 15 is 0 Å². The van der Waals surface area contributed by atoms with Gasteiger partial charge in [0, 0.05) is 43.4 Å². The highest BCUT2D eigenvalue weighted by molar-refractivity contribution is 6.00. The molecule has 234 valence electrons. The predicted molar refractivity (Wildman–Crippen MR) is 156 cm³/mol. The summed E-state index contributed by atoms with van der Waals surface area (Å²) < 4.78 is 39.7. The molecule has 2 bridgehead atoms. The zero-order valence-corrected chi connectivity index (χ0v) is 24.5. The molecular formula is C32H30F2N4O7. The molecule has 2 amide bonds. The lowest BCUT2D eigenvalue weighted by Crippen LogP contribution is -2.52. The van der Waals surface area contributed by atoms with Crippen LogP contribution < -0.4 is 15.5 Å². The van der Waals surface area contributed by atoms with Crippen molar-refractivity contribution in [3.8, 4) is 5.75 Å². The first-order valence-electron chi connectivity index (χ1n) is 14.5. The Hall–Kier alpha value is -5.07. The first kappa shape index (κ1) is 30.0. The molecule has 11 nitrogen and oxygen atoms in total. The van der Waals surface area contributed by atoms with Crippen molar-refractivity contribution in [3.05, 3.63) is 99.0 Å². The second-order valence-corrected chi connectivity index (χ2v) is 11.5. The fourth-order valence-electron chi connectivity index (χ4n) is 6.13. The summed E-state index contributed by atoms with van der Waals surface area (Å²) in [5.74, 6) is -3.79. The van der Waals surface area contributed by atoms with E-state index in [4.69, 9.17) is 14.3 Å². The molecule has 45 heavy (non-hydrogen) atoms. The van der Waals surface area contributed by atoms with Crippen LogP contribution in [0.4, 0.5) is 13.6 Å². The minimum absolute atomic E-state index is 0.0405. The molecule has 2 aromatic carbocycles. The Morgan fingerprint density at radius 3 is 2.64 bits per heavy atom. The van der Waals surface area contributed by atoms with Crippen molar-refractivity contribution >= 4 is 23.7 Å². The van der Waals surface area contributed by atoms with E-state index in [1.165, 1.54) is 10.8 Å². The lowest BCUT2D eigenvalue weighted by Gasteiger charge is -2.42. The summed E-state index contributed by atoms with van der Waals surface area (Å²) in [6, 6.07) is 11.1. The van der Waals surface area contributed by atoms with Gasteiger partial charge in [0.25, 0.3) is 5.91 Å². The van der Waals surface area contributed by atoms with Crippen molar-refractivity contribution in [1.82, 2.24) is 14.8 Å². The molecule has 6 rings (SSSR count). The van der Waals surface area contributed by atoms with Gasteiger partial charge >= 0.3 is 12.1 Å². The number of hydrogen-bond acceptors (Lipinski definition) is 8. The van der Waals surface area contributed by atoms with Gasteiger partial charge in [-0.05, 0) is 38.3 Å². The first-order chi connectivity index (χ1) is 21.6. The summed E-state index contributed by atoms with van der Waals surface area (Å²) in [7, 11) is 0. The number of fused-ring (bicyclic) bond motifs is 5. The number of carbonyl (C=O) groups is 3. The Morgan fingerprint density at radius 2 is 1.93 bits per heavy atom. The smallest absolute Gasteiger partial charge is 0.415 e. The maximum absolute atomic E-state index is 14.0. The normalized spacial score (nSPS) is 21.8. The third-order valence-corrected chi connectivity index (χ3v) is 8.49. The van der Waals surface area contributed by atoms with Gasteiger partial charge in [-0.25, -0.2) is 18.4 Å². The predicted octanol–water partition coefficient (Wildman–Crippen LogP) is 4.49. The van der Waals surface area contributed by atoms with Crippen LogP contribution in [0.1, 0.15) is 71.1 Å². The molecule has 0 unspecified atom stereocenters. The van der Waals surface area contributed by atoms with E-state index in [2.05, 4.69) is 10.5 Å². The van der Waals surface area contributed by atoms with Crippen molar-refractivity contribution in [2.24, 2.45) is 5.16 Å². The van der Waals surface area contributed by atoms with Crippen molar-refractivity contribution in [3.63, 3.8) is 0 Å². The van der Waals surface area contributed by atoms with Crippen LogP contribution in [0.5, 0.6) is 5.75 Å². The number of halogens is 2. The molecule has 0 saturated carbocycles. The van der Waals surface area contributed by atoms with Crippen LogP contribution in [0.3, 0.4) is 0 Å². The van der Waals surface area contributed by atoms with Gasteiger partial charge in [-0.15, -0.1) is 0 Å². The summed E-state index contributed by atoms with van der Waals surface area (Å²) in [5.41, 5.74) is -0.942. The zero-order chi connectivity index (χ0) is 31.9. The van der Waals surface area contributed by atoms with Gasteiger partial charge in [-0.3, -0.25) is 9.59 Å².